The van der Waals surface area contributed by atoms with Crippen LogP contribution >= 0.6 is 0 Å². The molecule has 1 amide bonds. The summed E-state index contributed by atoms with van der Waals surface area (Å²) in [5.41, 5.74) is 1.97. The summed E-state index contributed by atoms with van der Waals surface area (Å²) in [6.07, 6.45) is 3.03. The van der Waals surface area contributed by atoms with E-state index in [1.54, 1.807) is 37.3 Å². The Bertz CT molecular complexity index is 807. The highest BCUT2D eigenvalue weighted by Crippen LogP contribution is 2.09. The Labute approximate surface area is 146 Å². The van der Waals surface area contributed by atoms with Gasteiger partial charge in [-0.2, -0.15) is 5.26 Å². The summed E-state index contributed by atoms with van der Waals surface area (Å²) >= 11 is 0. The molecule has 25 heavy (non-hydrogen) atoms. The molecule has 0 unspecified atom stereocenters. The average molecular weight is 334 g/mol. The Kier molecular flexibility index (Phi) is 6.49. The minimum Gasteiger partial charge on any atom is -0.459 e. The lowest BCUT2D eigenvalue weighted by Crippen LogP contribution is -2.38. The summed E-state index contributed by atoms with van der Waals surface area (Å²) in [4.78, 5) is 23.8. The van der Waals surface area contributed by atoms with Crippen LogP contribution in [-0.2, 0) is 20.9 Å². The maximum Gasteiger partial charge on any atom is 0.328 e. The van der Waals surface area contributed by atoms with Gasteiger partial charge in [-0.1, -0.05) is 48.5 Å². The van der Waals surface area contributed by atoms with E-state index in [1.165, 1.54) is 6.08 Å². The predicted octanol–water partition coefficient (Wildman–Crippen LogP) is 2.82. The number of esters is 1. The molecule has 5 nitrogen and oxygen atoms in total. The molecule has 0 aliphatic rings. The molecule has 0 heterocycles. The van der Waals surface area contributed by atoms with E-state index in [0.717, 1.165) is 5.56 Å². The van der Waals surface area contributed by atoms with Crippen LogP contribution in [0.3, 0.4) is 0 Å². The van der Waals surface area contributed by atoms with Crippen molar-refractivity contribution < 1.29 is 14.3 Å². The van der Waals surface area contributed by atoms with E-state index in [4.69, 9.17) is 10.00 Å². The second-order valence-electron chi connectivity index (χ2n) is 5.35. The standard InChI is InChI=1S/C20H18N2O3/c1-15(22-19(23)12-11-16-7-3-2-4-8-16)20(24)25-14-18-10-6-5-9-17(18)13-21/h2-12,15H,14H2,1H3,(H,22,23)/b12-11+/t15-/m0/s1. The van der Waals surface area contributed by atoms with Gasteiger partial charge in [-0.05, 0) is 24.6 Å². The van der Waals surface area contributed by atoms with Gasteiger partial charge in [-0.25, -0.2) is 4.79 Å². The van der Waals surface area contributed by atoms with E-state index in [1.807, 2.05) is 36.4 Å². The molecule has 2 rings (SSSR count). The number of benzene rings is 2. The second kappa shape index (κ2) is 9.04. The highest BCUT2D eigenvalue weighted by molar-refractivity contribution is 5.94. The van der Waals surface area contributed by atoms with Crippen molar-refractivity contribution in [2.45, 2.75) is 19.6 Å². The number of hydrogen-bond donors (Lipinski definition) is 1. The van der Waals surface area contributed by atoms with Crippen LogP contribution in [0.4, 0.5) is 0 Å². The predicted molar refractivity (Wildman–Crippen MR) is 94.0 cm³/mol. The van der Waals surface area contributed by atoms with Crippen molar-refractivity contribution in [2.24, 2.45) is 0 Å². The van der Waals surface area contributed by atoms with Crippen molar-refractivity contribution in [3.8, 4) is 6.07 Å². The van der Waals surface area contributed by atoms with Crippen molar-refractivity contribution in [2.75, 3.05) is 0 Å². The highest BCUT2D eigenvalue weighted by Gasteiger charge is 2.16. The first-order chi connectivity index (χ1) is 12.1. The Morgan fingerprint density at radius 3 is 2.56 bits per heavy atom. The van der Waals surface area contributed by atoms with Crippen molar-refractivity contribution in [1.29, 1.82) is 5.26 Å². The zero-order valence-corrected chi connectivity index (χ0v) is 13.8. The van der Waals surface area contributed by atoms with Crippen molar-refractivity contribution in [1.82, 2.24) is 5.32 Å². The fourth-order valence-corrected chi connectivity index (χ4v) is 2.09. The monoisotopic (exact) mass is 334 g/mol. The van der Waals surface area contributed by atoms with Crippen LogP contribution in [-0.4, -0.2) is 17.9 Å². The number of rotatable bonds is 6. The summed E-state index contributed by atoms with van der Waals surface area (Å²) in [6.45, 7) is 1.54. The summed E-state index contributed by atoms with van der Waals surface area (Å²) in [7, 11) is 0. The number of nitriles is 1. The molecule has 2 aromatic carbocycles. The van der Waals surface area contributed by atoms with Gasteiger partial charge in [0.05, 0.1) is 11.6 Å². The Morgan fingerprint density at radius 2 is 1.84 bits per heavy atom. The first-order valence-electron chi connectivity index (χ1n) is 7.78. The van der Waals surface area contributed by atoms with E-state index in [9.17, 15) is 9.59 Å². The largest absolute Gasteiger partial charge is 0.459 e. The van der Waals surface area contributed by atoms with Gasteiger partial charge in [0, 0.05) is 11.6 Å². The molecule has 1 atom stereocenters. The van der Waals surface area contributed by atoms with E-state index in [0.29, 0.717) is 11.1 Å². The van der Waals surface area contributed by atoms with Crippen molar-refractivity contribution >= 4 is 18.0 Å². The van der Waals surface area contributed by atoms with Gasteiger partial charge in [-0.3, -0.25) is 4.79 Å². The number of nitrogens with zero attached hydrogens (tertiary/aromatic N) is 1. The Morgan fingerprint density at radius 1 is 1.16 bits per heavy atom. The topological polar surface area (TPSA) is 79.2 Å². The molecular weight excluding hydrogens is 316 g/mol. The SMILES string of the molecule is C[C@H](NC(=O)/C=C/c1ccccc1)C(=O)OCc1ccccc1C#N. The summed E-state index contributed by atoms with van der Waals surface area (Å²) in [6, 6.07) is 17.5. The molecule has 0 spiro atoms. The second-order valence-corrected chi connectivity index (χ2v) is 5.35. The van der Waals surface area contributed by atoms with Crippen LogP contribution in [0.1, 0.15) is 23.6 Å². The fraction of sp³-hybridized carbons (Fsp3) is 0.150. The minimum absolute atomic E-state index is 0.0113. The van der Waals surface area contributed by atoms with Gasteiger partial charge in [0.2, 0.25) is 5.91 Å². The van der Waals surface area contributed by atoms with Crippen molar-refractivity contribution in [3.05, 3.63) is 77.4 Å². The number of carbonyl (C=O) groups is 2. The molecule has 0 aliphatic carbocycles. The maximum atomic E-state index is 12.0. The van der Waals surface area contributed by atoms with Crippen LogP contribution in [0.25, 0.3) is 6.08 Å². The first-order valence-corrected chi connectivity index (χ1v) is 7.78. The lowest BCUT2D eigenvalue weighted by atomic mass is 10.1. The van der Waals surface area contributed by atoms with E-state index >= 15 is 0 Å². The maximum absolute atomic E-state index is 12.0. The van der Waals surface area contributed by atoms with Crippen LogP contribution < -0.4 is 5.32 Å². The molecule has 1 N–H and O–H groups in total. The third-order valence-electron chi connectivity index (χ3n) is 3.45. The molecule has 0 saturated heterocycles. The number of amides is 1. The average Bonchev–Trinajstić information content (AvgIpc) is 2.65. The molecule has 0 bridgehead atoms. The number of hydrogen-bond acceptors (Lipinski definition) is 4. The normalized spacial score (nSPS) is 11.5. The van der Waals surface area contributed by atoms with Gasteiger partial charge >= 0.3 is 5.97 Å². The van der Waals surface area contributed by atoms with Crippen LogP contribution in [0.5, 0.6) is 0 Å². The smallest absolute Gasteiger partial charge is 0.328 e. The van der Waals surface area contributed by atoms with Gasteiger partial charge in [0.15, 0.2) is 0 Å². The van der Waals surface area contributed by atoms with E-state index in [2.05, 4.69) is 5.32 Å². The number of nitrogens with one attached hydrogen (secondary N) is 1. The van der Waals surface area contributed by atoms with Crippen LogP contribution in [0.2, 0.25) is 0 Å². The Balaban J connectivity index is 1.84. The van der Waals surface area contributed by atoms with Gasteiger partial charge in [0.1, 0.15) is 12.6 Å². The quantitative estimate of drug-likeness (QED) is 0.651. The first kappa shape index (κ1) is 18.0. The molecule has 0 saturated carbocycles. The van der Waals surface area contributed by atoms with Crippen molar-refractivity contribution in [3.63, 3.8) is 0 Å². The third kappa shape index (κ3) is 5.63. The zero-order chi connectivity index (χ0) is 18.1. The zero-order valence-electron chi connectivity index (χ0n) is 13.8. The van der Waals surface area contributed by atoms with Crippen LogP contribution in [0, 0.1) is 11.3 Å². The molecule has 0 radical (unpaired) electrons. The summed E-state index contributed by atoms with van der Waals surface area (Å²) in [5, 5.41) is 11.6. The molecular formula is C20H18N2O3. The van der Waals surface area contributed by atoms with Gasteiger partial charge in [-0.15, -0.1) is 0 Å². The van der Waals surface area contributed by atoms with Crippen LogP contribution in [0.15, 0.2) is 60.7 Å². The number of ether oxygens (including phenoxy) is 1. The number of carbonyl (C=O) groups excluding carboxylic acids is 2. The molecule has 5 heteroatoms. The summed E-state index contributed by atoms with van der Waals surface area (Å²) < 4.78 is 5.17. The van der Waals surface area contributed by atoms with Gasteiger partial charge < -0.3 is 10.1 Å². The third-order valence-corrected chi connectivity index (χ3v) is 3.45. The lowest BCUT2D eigenvalue weighted by molar-refractivity contribution is -0.148. The molecule has 0 aromatic heterocycles. The fourth-order valence-electron chi connectivity index (χ4n) is 2.09. The minimum atomic E-state index is -0.790. The Hall–Kier alpha value is -3.39. The van der Waals surface area contributed by atoms with E-state index in [-0.39, 0.29) is 12.5 Å². The molecule has 0 fully saturated rings. The molecule has 2 aromatic rings. The highest BCUT2D eigenvalue weighted by atomic mass is 16.5. The van der Waals surface area contributed by atoms with Gasteiger partial charge in [0.25, 0.3) is 0 Å². The van der Waals surface area contributed by atoms with E-state index < -0.39 is 12.0 Å². The molecule has 0 aliphatic heterocycles. The lowest BCUT2D eigenvalue weighted by Gasteiger charge is -2.12. The summed E-state index contributed by atoms with van der Waals surface area (Å²) in [5.74, 6) is -0.945. The molecule has 126 valence electrons.